The van der Waals surface area contributed by atoms with E-state index in [4.69, 9.17) is 54.4 Å². The molecule has 1 unspecified atom stereocenters. The van der Waals surface area contributed by atoms with Crippen LogP contribution in [0.15, 0.2) is 97.1 Å². The summed E-state index contributed by atoms with van der Waals surface area (Å²) in [5, 5.41) is 5.10. The molecule has 8 rings (SSSR count). The number of hydrogen-bond donors (Lipinski definition) is 6. The zero-order valence-electron chi connectivity index (χ0n) is 40.5. The van der Waals surface area contributed by atoms with Crippen molar-refractivity contribution in [2.75, 3.05) is 67.2 Å². The van der Waals surface area contributed by atoms with Crippen molar-refractivity contribution in [3.8, 4) is 11.5 Å². The molecule has 2 aliphatic rings. The lowest BCUT2D eigenvalue weighted by Crippen LogP contribution is -2.40. The number of alkyl halides is 2. The molecule has 0 bridgehead atoms. The quantitative estimate of drug-likeness (QED) is 0.0372. The number of nitrogens with one attached hydrogen (secondary N) is 1. The smallest absolute Gasteiger partial charge is 0.445 e. The molecule has 6 amide bonds. The Hall–Kier alpha value is -6.81. The van der Waals surface area contributed by atoms with Crippen molar-refractivity contribution in [1.82, 2.24) is 9.80 Å². The van der Waals surface area contributed by atoms with E-state index in [1.807, 2.05) is 12.1 Å². The second-order valence-electron chi connectivity index (χ2n) is 18.1. The second-order valence-corrected chi connectivity index (χ2v) is 21.0. The number of thiophene rings is 1. The van der Waals surface area contributed by atoms with Crippen LogP contribution in [-0.2, 0) is 25.5 Å². The first-order valence-corrected chi connectivity index (χ1v) is 26.9. The number of phosphoric acid groups is 1. The van der Waals surface area contributed by atoms with Crippen molar-refractivity contribution in [3.63, 3.8) is 0 Å². The number of halogens is 2. The fraction of sp³-hybridized carbons (Fsp3) is 0.294. The maximum atomic E-state index is 14.5. The molecule has 4 atom stereocenters. The third-order valence-electron chi connectivity index (χ3n) is 13.0. The van der Waals surface area contributed by atoms with E-state index in [1.54, 1.807) is 83.8 Å². The number of rotatable bonds is 18. The van der Waals surface area contributed by atoms with Crippen molar-refractivity contribution in [2.24, 2.45) is 17.2 Å². The standard InChI is InChI=1S/C51H53Cl2N8O12PS/c1-58(50(66)71-27-28-11-13-31(14-12-28)57-47(63)37(55)16-15-36(54)46(56)62)19-20-59(2)51(67)72-40-21-38-44(34-9-5-3-7-32(34)40)29(23-52)25-60(38)48(64)42-17-18-43(75-42)49(65)61-26-30(24-53)45-35-10-6-4-8-33(35)41(22-39(45)61)73-74(68,69)70/h3-14,17-18,21-22,29-30,36-37H,15-16,19-20,23-27,54-55H2,1-2H3,(H2,56,62)(H,57,63)(H2,68,69,70)/t29-,30-,36?,37+/m1/s1. The third-order valence-corrected chi connectivity index (χ3v) is 15.3. The zero-order chi connectivity index (χ0) is 53.9. The summed E-state index contributed by atoms with van der Waals surface area (Å²) >= 11 is 14.0. The molecule has 6 aromatic rings. The van der Waals surface area contributed by atoms with E-state index in [0.29, 0.717) is 38.8 Å². The van der Waals surface area contributed by atoms with Gasteiger partial charge in [0.15, 0.2) is 0 Å². The van der Waals surface area contributed by atoms with Gasteiger partial charge in [0.05, 0.1) is 33.2 Å². The zero-order valence-corrected chi connectivity index (χ0v) is 43.7. The van der Waals surface area contributed by atoms with Crippen LogP contribution in [0.3, 0.4) is 0 Å². The van der Waals surface area contributed by atoms with Crippen LogP contribution < -0.4 is 41.6 Å². The van der Waals surface area contributed by atoms with Crippen LogP contribution in [0.5, 0.6) is 11.5 Å². The van der Waals surface area contributed by atoms with E-state index in [2.05, 4.69) is 5.32 Å². The lowest BCUT2D eigenvalue weighted by Gasteiger charge is -2.23. The summed E-state index contributed by atoms with van der Waals surface area (Å²) in [5.74, 6) is -2.21. The minimum absolute atomic E-state index is 0.0607. The maximum absolute atomic E-state index is 14.5. The van der Waals surface area contributed by atoms with Gasteiger partial charge in [-0.05, 0) is 64.6 Å². The van der Waals surface area contributed by atoms with Gasteiger partial charge < -0.3 is 56.1 Å². The minimum Gasteiger partial charge on any atom is -0.445 e. The van der Waals surface area contributed by atoms with Crippen LogP contribution in [0, 0.1) is 0 Å². The van der Waals surface area contributed by atoms with Crippen LogP contribution in [0.4, 0.5) is 26.7 Å². The van der Waals surface area contributed by atoms with Gasteiger partial charge in [-0.25, -0.2) is 14.2 Å². The van der Waals surface area contributed by atoms with Gasteiger partial charge in [-0.2, -0.15) is 0 Å². The van der Waals surface area contributed by atoms with Gasteiger partial charge >= 0.3 is 20.0 Å². The SMILES string of the molecule is CN(CCN(C)C(=O)Oc1cc2c(c3ccccc13)[C@H](CCl)CN2C(=O)c1ccc(C(=O)N2C[C@@H](CCl)c3c2cc(OP(=O)(O)O)c2ccccc32)s1)C(=O)OCc1ccc(NC(=O)[C@@H](N)CCC(N)C(N)=O)cc1. The molecular weight excluding hydrogens is 1050 g/mol. The molecule has 3 heterocycles. The van der Waals surface area contributed by atoms with Crippen molar-refractivity contribution in [1.29, 1.82) is 0 Å². The molecule has 0 radical (unpaired) electrons. The number of fused-ring (bicyclic) bond motifs is 6. The Morgan fingerprint density at radius 1 is 0.720 bits per heavy atom. The van der Waals surface area contributed by atoms with Gasteiger partial charge in [-0.3, -0.25) is 29.0 Å². The van der Waals surface area contributed by atoms with Crippen LogP contribution in [0.1, 0.15) is 60.7 Å². The lowest BCUT2D eigenvalue weighted by atomic mass is 9.95. The van der Waals surface area contributed by atoms with Crippen LogP contribution in [-0.4, -0.2) is 120 Å². The van der Waals surface area contributed by atoms with E-state index < -0.39 is 55.7 Å². The number of anilines is 3. The Kier molecular flexibility index (Phi) is 16.7. The number of likely N-dealkylation sites (N-methyl/N-ethyl adjacent to an activating group) is 2. The summed E-state index contributed by atoms with van der Waals surface area (Å²) in [6, 6.07) is 25.2. The van der Waals surface area contributed by atoms with Gasteiger partial charge in [0.2, 0.25) is 11.8 Å². The highest BCUT2D eigenvalue weighted by atomic mass is 35.5. The highest BCUT2D eigenvalue weighted by Gasteiger charge is 2.39. The molecule has 5 aromatic carbocycles. The second kappa shape index (κ2) is 23.0. The Morgan fingerprint density at radius 3 is 1.71 bits per heavy atom. The fourth-order valence-corrected chi connectivity index (χ4v) is 10.9. The number of carbonyl (C=O) groups excluding carboxylic acids is 6. The Morgan fingerprint density at radius 2 is 1.20 bits per heavy atom. The van der Waals surface area contributed by atoms with Gasteiger partial charge in [0.1, 0.15) is 18.1 Å². The van der Waals surface area contributed by atoms with Crippen molar-refractivity contribution >= 4 is 117 Å². The summed E-state index contributed by atoms with van der Waals surface area (Å²) in [6.45, 7) is 0.435. The van der Waals surface area contributed by atoms with Crippen LogP contribution in [0.2, 0.25) is 0 Å². The third kappa shape index (κ3) is 12.0. The highest BCUT2D eigenvalue weighted by molar-refractivity contribution is 7.46. The number of amides is 6. The van der Waals surface area contributed by atoms with Gasteiger partial charge in [-0.15, -0.1) is 34.5 Å². The molecule has 20 nitrogen and oxygen atoms in total. The number of ether oxygens (including phenoxy) is 2. The molecule has 2 aliphatic heterocycles. The van der Waals surface area contributed by atoms with E-state index in [1.165, 1.54) is 34.9 Å². The van der Waals surface area contributed by atoms with E-state index in [9.17, 15) is 43.1 Å². The normalized spacial score (nSPS) is 15.7. The molecule has 0 saturated heterocycles. The Bertz CT molecular complexity index is 3250. The summed E-state index contributed by atoms with van der Waals surface area (Å²) in [6.07, 6.45) is -1.07. The number of primary amides is 1. The van der Waals surface area contributed by atoms with Crippen LogP contribution in [0.25, 0.3) is 21.5 Å². The summed E-state index contributed by atoms with van der Waals surface area (Å²) < 4.78 is 28.6. The predicted molar refractivity (Wildman–Crippen MR) is 286 cm³/mol. The molecule has 0 saturated carbocycles. The first-order valence-electron chi connectivity index (χ1n) is 23.5. The van der Waals surface area contributed by atoms with E-state index in [-0.39, 0.29) is 90.5 Å². The monoisotopic (exact) mass is 1100 g/mol. The number of nitrogens with zero attached hydrogens (tertiary/aromatic N) is 4. The molecule has 9 N–H and O–H groups in total. The Balaban J connectivity index is 0.914. The largest absolute Gasteiger partial charge is 0.524 e. The highest BCUT2D eigenvalue weighted by Crippen LogP contribution is 2.50. The number of nitrogens with two attached hydrogens (primary N) is 3. The van der Waals surface area contributed by atoms with Crippen molar-refractivity contribution in [2.45, 2.75) is 43.4 Å². The number of carbonyl (C=O) groups is 6. The minimum atomic E-state index is -4.98. The average Bonchev–Trinajstić information content (AvgIpc) is 4.16. The van der Waals surface area contributed by atoms with Gasteiger partial charge in [-0.1, -0.05) is 60.7 Å². The van der Waals surface area contributed by atoms with Crippen molar-refractivity contribution in [3.05, 3.63) is 124 Å². The molecule has 75 heavy (non-hydrogen) atoms. The Labute approximate surface area is 444 Å². The molecule has 0 aliphatic carbocycles. The molecule has 394 valence electrons. The molecule has 1 aromatic heterocycles. The summed E-state index contributed by atoms with van der Waals surface area (Å²) in [5.41, 5.74) is 20.2. The van der Waals surface area contributed by atoms with Crippen LogP contribution >= 0.6 is 42.4 Å². The molecule has 0 spiro atoms. The summed E-state index contributed by atoms with van der Waals surface area (Å²) in [7, 11) is -1.95. The number of benzene rings is 5. The maximum Gasteiger partial charge on any atom is 0.524 e. The lowest BCUT2D eigenvalue weighted by molar-refractivity contribution is -0.120. The first-order chi connectivity index (χ1) is 35.8. The van der Waals surface area contributed by atoms with Gasteiger partial charge in [0, 0.05) is 92.5 Å². The first kappa shape index (κ1) is 54.5. The predicted octanol–water partition coefficient (Wildman–Crippen LogP) is 7.05. The summed E-state index contributed by atoms with van der Waals surface area (Å²) in [4.78, 5) is 105. The van der Waals surface area contributed by atoms with Gasteiger partial charge in [0.25, 0.3) is 11.8 Å². The molecule has 24 heteroatoms. The van der Waals surface area contributed by atoms with E-state index in [0.717, 1.165) is 27.8 Å². The average molecular weight is 1100 g/mol. The topological polar surface area (TPSA) is 291 Å². The van der Waals surface area contributed by atoms with Crippen molar-refractivity contribution < 1.29 is 57.1 Å². The fourth-order valence-electron chi connectivity index (χ4n) is 9.05. The number of hydrogen-bond acceptors (Lipinski definition) is 13. The number of phosphoric ester groups is 1. The molecule has 0 fully saturated rings. The molecular formula is C51H53Cl2N8O12PS. The van der Waals surface area contributed by atoms with E-state index >= 15 is 0 Å².